The first-order chi connectivity index (χ1) is 20.1. The number of aromatic nitrogens is 4. The number of rotatable bonds is 4. The van der Waals surface area contributed by atoms with Crippen molar-refractivity contribution in [3.8, 4) is 22.7 Å². The van der Waals surface area contributed by atoms with Crippen LogP contribution >= 0.6 is 23.2 Å². The van der Waals surface area contributed by atoms with Gasteiger partial charge in [-0.05, 0) is 48.7 Å². The summed E-state index contributed by atoms with van der Waals surface area (Å²) in [6.07, 6.45) is 2.97. The number of fused-ring (bicyclic) bond motifs is 2. The molecule has 12 heteroatoms. The molecule has 2 aliphatic heterocycles. The number of ether oxygens (including phenoxy) is 1. The molecular formula is C30H27Cl2FN6O3. The molecule has 0 spiro atoms. The molecule has 42 heavy (non-hydrogen) atoms. The first-order valence-electron chi connectivity index (χ1n) is 13.5. The predicted octanol–water partition coefficient (Wildman–Crippen LogP) is 5.32. The van der Waals surface area contributed by atoms with E-state index in [0.29, 0.717) is 42.2 Å². The molecule has 0 radical (unpaired) electrons. The summed E-state index contributed by atoms with van der Waals surface area (Å²) in [5.74, 6) is -0.283. The lowest BCUT2D eigenvalue weighted by molar-refractivity contribution is -0.126. The molecule has 1 saturated heterocycles. The average Bonchev–Trinajstić information content (AvgIpc) is 3.12. The minimum absolute atomic E-state index is 0.0340. The van der Waals surface area contributed by atoms with Gasteiger partial charge in [0.15, 0.2) is 11.4 Å². The zero-order valence-corrected chi connectivity index (χ0v) is 24.7. The molecule has 0 bridgehead atoms. The van der Waals surface area contributed by atoms with E-state index in [1.165, 1.54) is 22.8 Å². The second kappa shape index (κ2) is 10.7. The molecule has 1 fully saturated rings. The number of hydrogen-bond donors (Lipinski definition) is 0. The number of carbonyl (C=O) groups is 1. The van der Waals surface area contributed by atoms with E-state index in [2.05, 4.69) is 16.5 Å². The summed E-state index contributed by atoms with van der Waals surface area (Å²) in [4.78, 5) is 44.1. The van der Waals surface area contributed by atoms with Gasteiger partial charge in [-0.25, -0.2) is 18.7 Å². The number of benzene rings is 1. The second-order valence-electron chi connectivity index (χ2n) is 10.6. The fourth-order valence-electron chi connectivity index (χ4n) is 5.66. The Bertz CT molecular complexity index is 1840. The van der Waals surface area contributed by atoms with Gasteiger partial charge in [-0.15, -0.1) is 0 Å². The van der Waals surface area contributed by atoms with Crippen LogP contribution in [-0.4, -0.2) is 62.6 Å². The first-order valence-corrected chi connectivity index (χ1v) is 14.2. The fourth-order valence-corrected chi connectivity index (χ4v) is 6.11. The normalized spacial score (nSPS) is 16.3. The molecule has 0 aliphatic carbocycles. The number of anilines is 1. The summed E-state index contributed by atoms with van der Waals surface area (Å²) >= 11 is 13.0. The molecule has 0 saturated carbocycles. The van der Waals surface area contributed by atoms with Crippen molar-refractivity contribution in [1.29, 1.82) is 0 Å². The number of pyridine rings is 2. The molecule has 2 aliphatic rings. The number of piperazine rings is 1. The van der Waals surface area contributed by atoms with Gasteiger partial charge >= 0.3 is 5.69 Å². The van der Waals surface area contributed by atoms with E-state index < -0.39 is 11.5 Å². The number of nitrogens with zero attached hydrogens (tertiary/aromatic N) is 6. The summed E-state index contributed by atoms with van der Waals surface area (Å²) < 4.78 is 23.0. The molecule has 5 heterocycles. The van der Waals surface area contributed by atoms with Gasteiger partial charge in [0.1, 0.15) is 28.7 Å². The zero-order valence-electron chi connectivity index (χ0n) is 23.2. The Hall–Kier alpha value is -4.02. The van der Waals surface area contributed by atoms with Gasteiger partial charge in [0, 0.05) is 36.4 Å². The summed E-state index contributed by atoms with van der Waals surface area (Å²) in [6, 6.07) is 5.68. The van der Waals surface area contributed by atoms with Crippen LogP contribution in [-0.2, 0) is 4.79 Å². The lowest BCUT2D eigenvalue weighted by atomic mass is 10.0. The predicted molar refractivity (Wildman–Crippen MR) is 161 cm³/mol. The summed E-state index contributed by atoms with van der Waals surface area (Å²) in [7, 11) is 0. The molecule has 1 atom stereocenters. The highest BCUT2D eigenvalue weighted by Crippen LogP contribution is 2.45. The number of carbonyl (C=O) groups excluding carboxylic acids is 1. The van der Waals surface area contributed by atoms with Crippen molar-refractivity contribution in [2.75, 3.05) is 31.1 Å². The van der Waals surface area contributed by atoms with E-state index in [0.717, 1.165) is 5.56 Å². The Morgan fingerprint density at radius 3 is 2.71 bits per heavy atom. The minimum Gasteiger partial charge on any atom is -0.489 e. The topological polar surface area (TPSA) is 93.5 Å². The highest BCUT2D eigenvalue weighted by atomic mass is 35.5. The van der Waals surface area contributed by atoms with Gasteiger partial charge in [0.25, 0.3) is 0 Å². The van der Waals surface area contributed by atoms with Crippen LogP contribution in [0.2, 0.25) is 10.0 Å². The Morgan fingerprint density at radius 1 is 1.21 bits per heavy atom. The SMILES string of the molecule is C=CC(=O)N1CCN2c3nc(=O)n(-c4c(C)ccnc4C(C)C)c4nc(-c5ccc(Cl)cc5F)c(Cl)c(c34)OC[C@@H]2C1. The molecule has 4 aromatic rings. The van der Waals surface area contributed by atoms with Gasteiger partial charge in [0.05, 0.1) is 23.1 Å². The maximum absolute atomic E-state index is 15.3. The molecule has 1 amide bonds. The van der Waals surface area contributed by atoms with Crippen LogP contribution in [0.3, 0.4) is 0 Å². The molecular weight excluding hydrogens is 582 g/mol. The van der Waals surface area contributed by atoms with Crippen LogP contribution in [0.15, 0.2) is 47.9 Å². The van der Waals surface area contributed by atoms with Gasteiger partial charge in [-0.1, -0.05) is 43.6 Å². The molecule has 216 valence electrons. The third-order valence-corrected chi connectivity index (χ3v) is 8.26. The second-order valence-corrected chi connectivity index (χ2v) is 11.5. The zero-order chi connectivity index (χ0) is 29.9. The van der Waals surface area contributed by atoms with Gasteiger partial charge < -0.3 is 14.5 Å². The van der Waals surface area contributed by atoms with E-state index in [4.69, 9.17) is 32.9 Å². The molecule has 9 nitrogen and oxygen atoms in total. The Labute approximate surface area is 251 Å². The maximum atomic E-state index is 15.3. The summed E-state index contributed by atoms with van der Waals surface area (Å²) in [5.41, 5.74) is 1.82. The van der Waals surface area contributed by atoms with Crippen molar-refractivity contribution < 1.29 is 13.9 Å². The van der Waals surface area contributed by atoms with Crippen LogP contribution in [0.1, 0.15) is 31.0 Å². The number of halogens is 3. The van der Waals surface area contributed by atoms with E-state index >= 15 is 4.39 Å². The molecule has 1 aromatic carbocycles. The van der Waals surface area contributed by atoms with E-state index in [-0.39, 0.29) is 57.2 Å². The average molecular weight is 609 g/mol. The molecule has 0 unspecified atom stereocenters. The highest BCUT2D eigenvalue weighted by molar-refractivity contribution is 6.36. The smallest absolute Gasteiger partial charge is 0.355 e. The molecule has 6 rings (SSSR count). The first kappa shape index (κ1) is 28.1. The quantitative estimate of drug-likeness (QED) is 0.290. The third-order valence-electron chi connectivity index (χ3n) is 7.68. The van der Waals surface area contributed by atoms with Crippen LogP contribution in [0, 0.1) is 12.7 Å². The summed E-state index contributed by atoms with van der Waals surface area (Å²) in [6.45, 7) is 10.7. The van der Waals surface area contributed by atoms with Gasteiger partial charge in [-0.3, -0.25) is 9.78 Å². The van der Waals surface area contributed by atoms with Crippen molar-refractivity contribution in [3.05, 3.63) is 80.7 Å². The molecule has 0 N–H and O–H groups in total. The lowest BCUT2D eigenvalue weighted by Crippen LogP contribution is -2.56. The van der Waals surface area contributed by atoms with Crippen LogP contribution in [0.25, 0.3) is 28.0 Å². The Balaban J connectivity index is 1.70. The van der Waals surface area contributed by atoms with Gasteiger partial charge in [0.2, 0.25) is 5.91 Å². The van der Waals surface area contributed by atoms with Gasteiger partial charge in [-0.2, -0.15) is 4.98 Å². The van der Waals surface area contributed by atoms with Crippen molar-refractivity contribution >= 4 is 46.0 Å². The Kier molecular flexibility index (Phi) is 7.14. The van der Waals surface area contributed by atoms with E-state index in [1.54, 1.807) is 17.2 Å². The number of aryl methyl sites for hydroxylation is 1. The van der Waals surface area contributed by atoms with E-state index in [1.807, 2.05) is 31.7 Å². The monoisotopic (exact) mass is 608 g/mol. The third kappa shape index (κ3) is 4.49. The van der Waals surface area contributed by atoms with Crippen LogP contribution < -0.4 is 15.3 Å². The standard InChI is InChI=1S/C30H27Cl2FN6O3/c1-5-21(40)37-10-11-38-18(13-37)14-42-27-22-28(38)36-30(41)39(26-16(4)8-9-34-24(26)15(2)3)29(22)35-25(23(27)32)19-7-6-17(31)12-20(19)33/h5-9,12,15,18H,1,10-11,13-14H2,2-4H3/t18-/m0/s1. The fraction of sp³-hybridized carbons (Fsp3) is 0.300. The summed E-state index contributed by atoms with van der Waals surface area (Å²) in [5, 5.41) is 0.707. The van der Waals surface area contributed by atoms with Crippen molar-refractivity contribution in [1.82, 2.24) is 24.4 Å². The minimum atomic E-state index is -0.628. The number of amides is 1. The van der Waals surface area contributed by atoms with E-state index in [9.17, 15) is 9.59 Å². The van der Waals surface area contributed by atoms with Crippen molar-refractivity contribution in [3.63, 3.8) is 0 Å². The largest absolute Gasteiger partial charge is 0.489 e. The highest BCUT2D eigenvalue weighted by Gasteiger charge is 2.37. The van der Waals surface area contributed by atoms with Crippen molar-refractivity contribution in [2.45, 2.75) is 32.7 Å². The maximum Gasteiger partial charge on any atom is 0.355 e. The van der Waals surface area contributed by atoms with Crippen LogP contribution in [0.5, 0.6) is 5.75 Å². The lowest BCUT2D eigenvalue weighted by Gasteiger charge is -2.40. The Morgan fingerprint density at radius 2 is 2.00 bits per heavy atom. The van der Waals surface area contributed by atoms with Crippen molar-refractivity contribution in [2.24, 2.45) is 0 Å². The van der Waals surface area contributed by atoms with Crippen LogP contribution in [0.4, 0.5) is 10.2 Å². The number of hydrogen-bond acceptors (Lipinski definition) is 7. The molecule has 3 aromatic heterocycles.